The van der Waals surface area contributed by atoms with E-state index in [1.54, 1.807) is 34.9 Å². The van der Waals surface area contributed by atoms with Crippen molar-refractivity contribution in [2.75, 3.05) is 6.26 Å². The van der Waals surface area contributed by atoms with E-state index < -0.39 is 27.3 Å². The lowest BCUT2D eigenvalue weighted by atomic mass is 9.97. The Balaban J connectivity index is 2.12. The summed E-state index contributed by atoms with van der Waals surface area (Å²) < 4.78 is 42.0. The number of aromatic nitrogens is 2. The highest BCUT2D eigenvalue weighted by atomic mass is 32.2. The largest absolute Gasteiger partial charge is 0.331 e. The normalized spacial score (nSPS) is 11.8. The molecule has 34 heavy (non-hydrogen) atoms. The molecule has 4 aromatic rings. The van der Waals surface area contributed by atoms with Crippen LogP contribution in [0.15, 0.2) is 65.6 Å². The Morgan fingerprint density at radius 1 is 1.12 bits per heavy atom. The minimum Gasteiger partial charge on any atom is -0.331 e. The van der Waals surface area contributed by atoms with Gasteiger partial charge in [-0.15, -0.1) is 0 Å². The molecule has 0 saturated carbocycles. The van der Waals surface area contributed by atoms with Crippen molar-refractivity contribution in [1.82, 2.24) is 14.3 Å². The van der Waals surface area contributed by atoms with Crippen molar-refractivity contribution in [3.63, 3.8) is 0 Å². The fourth-order valence-corrected chi connectivity index (χ4v) is 4.47. The zero-order valence-corrected chi connectivity index (χ0v) is 19.7. The van der Waals surface area contributed by atoms with Gasteiger partial charge in [-0.25, -0.2) is 17.5 Å². The van der Waals surface area contributed by atoms with Crippen LogP contribution >= 0.6 is 0 Å². The summed E-state index contributed by atoms with van der Waals surface area (Å²) in [5.41, 5.74) is 1.88. The highest BCUT2D eigenvalue weighted by molar-refractivity contribution is 7.89. The van der Waals surface area contributed by atoms with Crippen LogP contribution in [0.5, 0.6) is 0 Å². The Kier molecular flexibility index (Phi) is 6.14. The maximum Gasteiger partial charge on any atom is 0.282 e. The monoisotopic (exact) mass is 481 g/mol. The van der Waals surface area contributed by atoms with Crippen LogP contribution in [0.2, 0.25) is 0 Å². The van der Waals surface area contributed by atoms with Crippen molar-refractivity contribution >= 4 is 26.8 Å². The molecule has 0 radical (unpaired) electrons. The summed E-state index contributed by atoms with van der Waals surface area (Å²) in [5, 5.41) is 0.595. The predicted molar refractivity (Wildman–Crippen MR) is 130 cm³/mol. The summed E-state index contributed by atoms with van der Waals surface area (Å²) in [5.74, 6) is -1.20. The summed E-state index contributed by atoms with van der Waals surface area (Å²) in [6, 6.07) is 14.9. The Morgan fingerprint density at radius 2 is 1.85 bits per heavy atom. The topological polar surface area (TPSA) is 101 Å². The zero-order chi connectivity index (χ0) is 24.6. The van der Waals surface area contributed by atoms with Gasteiger partial charge < -0.3 is 9.55 Å². The molecule has 0 aliphatic heterocycles. The van der Waals surface area contributed by atoms with Crippen LogP contribution in [0.3, 0.4) is 0 Å². The van der Waals surface area contributed by atoms with Crippen LogP contribution < -0.4 is 10.3 Å². The van der Waals surface area contributed by atoms with Gasteiger partial charge in [-0.2, -0.15) is 0 Å². The van der Waals surface area contributed by atoms with E-state index in [0.717, 1.165) is 11.8 Å². The second-order valence-corrected chi connectivity index (χ2v) is 10.2. The summed E-state index contributed by atoms with van der Waals surface area (Å²) in [6.45, 7) is 4.00. The van der Waals surface area contributed by atoms with Crippen LogP contribution in [-0.2, 0) is 16.6 Å². The molecule has 4 rings (SSSR count). The molecule has 0 atom stereocenters. The lowest BCUT2D eigenvalue weighted by Gasteiger charge is -2.13. The minimum absolute atomic E-state index is 0.0402. The fourth-order valence-electron chi connectivity index (χ4n) is 4.04. The number of sulfonamides is 1. The zero-order valence-electron chi connectivity index (χ0n) is 18.9. The van der Waals surface area contributed by atoms with Crippen LogP contribution in [-0.4, -0.2) is 30.1 Å². The number of amides is 1. The molecule has 2 N–H and O–H groups in total. The molecule has 0 aliphatic carbocycles. The van der Waals surface area contributed by atoms with Crippen LogP contribution in [0.4, 0.5) is 4.39 Å². The summed E-state index contributed by atoms with van der Waals surface area (Å²) >= 11 is 0. The highest BCUT2D eigenvalue weighted by Gasteiger charge is 2.27. The maximum absolute atomic E-state index is 14.6. The number of carbonyl (C=O) groups excluding carboxylic acids is 1. The number of hydrogen-bond donors (Lipinski definition) is 2. The number of H-pyrrole nitrogens is 1. The van der Waals surface area contributed by atoms with E-state index >= 15 is 0 Å². The molecule has 2 heterocycles. The third kappa shape index (κ3) is 4.51. The van der Waals surface area contributed by atoms with Gasteiger partial charge in [-0.1, -0.05) is 38.1 Å². The number of pyridine rings is 1. The van der Waals surface area contributed by atoms with Crippen molar-refractivity contribution in [3.05, 3.63) is 93.8 Å². The van der Waals surface area contributed by atoms with E-state index in [4.69, 9.17) is 0 Å². The van der Waals surface area contributed by atoms with Crippen molar-refractivity contribution in [3.8, 4) is 11.1 Å². The average Bonchev–Trinajstić information content (AvgIpc) is 3.08. The number of aromatic amines is 1. The molecular weight excluding hydrogens is 457 g/mol. The van der Waals surface area contributed by atoms with Gasteiger partial charge in [0.15, 0.2) is 0 Å². The van der Waals surface area contributed by atoms with E-state index in [-0.39, 0.29) is 29.3 Å². The fraction of sp³-hybridized carbons (Fsp3) is 0.200. The van der Waals surface area contributed by atoms with Crippen molar-refractivity contribution in [1.29, 1.82) is 0 Å². The second-order valence-electron chi connectivity index (χ2n) is 8.45. The molecule has 0 bridgehead atoms. The molecule has 9 heteroatoms. The van der Waals surface area contributed by atoms with Crippen molar-refractivity contribution < 1.29 is 17.6 Å². The van der Waals surface area contributed by atoms with Gasteiger partial charge >= 0.3 is 0 Å². The van der Waals surface area contributed by atoms with E-state index in [1.807, 2.05) is 36.8 Å². The van der Waals surface area contributed by atoms with Crippen LogP contribution in [0.25, 0.3) is 22.0 Å². The van der Waals surface area contributed by atoms with Gasteiger partial charge in [0.05, 0.1) is 12.8 Å². The molecule has 0 saturated heterocycles. The number of nitrogens with zero attached hydrogens (tertiary/aromatic N) is 1. The molecule has 176 valence electrons. The van der Waals surface area contributed by atoms with Gasteiger partial charge in [0.25, 0.3) is 11.5 Å². The van der Waals surface area contributed by atoms with Gasteiger partial charge in [0, 0.05) is 33.8 Å². The molecule has 2 aromatic heterocycles. The number of carbonyl (C=O) groups is 1. The van der Waals surface area contributed by atoms with Gasteiger partial charge in [-0.05, 0) is 41.8 Å². The number of benzene rings is 2. The SMILES string of the molecule is CC(C)c1ccc2c(c1)c(-c1ccc[nH]c1=O)c(C(=O)NS(C)(=O)=O)n2Cc1ccccc1F. The smallest absolute Gasteiger partial charge is 0.282 e. The Bertz CT molecular complexity index is 1570. The van der Waals surface area contributed by atoms with E-state index in [1.165, 1.54) is 12.3 Å². The third-order valence-electron chi connectivity index (χ3n) is 5.62. The van der Waals surface area contributed by atoms with Crippen LogP contribution in [0.1, 0.15) is 41.4 Å². The lowest BCUT2D eigenvalue weighted by molar-refractivity contribution is 0.0974. The Labute approximate surface area is 196 Å². The Morgan fingerprint density at radius 3 is 2.50 bits per heavy atom. The molecule has 0 aliphatic rings. The lowest BCUT2D eigenvalue weighted by Crippen LogP contribution is -2.32. The molecule has 1 amide bonds. The van der Waals surface area contributed by atoms with E-state index in [0.29, 0.717) is 16.5 Å². The summed E-state index contributed by atoms with van der Waals surface area (Å²) in [7, 11) is -3.91. The first-order chi connectivity index (χ1) is 16.1. The number of fused-ring (bicyclic) bond motifs is 1. The molecule has 0 spiro atoms. The molecular formula is C25H24FN3O4S. The van der Waals surface area contributed by atoms with Gasteiger partial charge in [-0.3, -0.25) is 9.59 Å². The van der Waals surface area contributed by atoms with Gasteiger partial charge in [0.1, 0.15) is 11.5 Å². The first kappa shape index (κ1) is 23.4. The summed E-state index contributed by atoms with van der Waals surface area (Å²) in [4.78, 5) is 28.7. The number of rotatable bonds is 6. The standard InChI is InChI=1S/C25H24FN3O4S/c1-15(2)16-10-11-21-19(13-16)22(18-8-6-12-27-24(18)30)23(25(31)28-34(3,32)33)29(21)14-17-7-4-5-9-20(17)26/h4-13,15H,14H2,1-3H3,(H,27,30)(H,28,31). The average molecular weight is 482 g/mol. The third-order valence-corrected chi connectivity index (χ3v) is 6.18. The molecule has 0 unspecified atom stereocenters. The van der Waals surface area contributed by atoms with E-state index in [2.05, 4.69) is 4.98 Å². The summed E-state index contributed by atoms with van der Waals surface area (Å²) in [6.07, 6.45) is 2.35. The molecule has 7 nitrogen and oxygen atoms in total. The van der Waals surface area contributed by atoms with E-state index in [9.17, 15) is 22.4 Å². The minimum atomic E-state index is -3.91. The van der Waals surface area contributed by atoms with Crippen LogP contribution in [0, 0.1) is 5.82 Å². The highest BCUT2D eigenvalue weighted by Crippen LogP contribution is 2.36. The number of halogens is 1. The van der Waals surface area contributed by atoms with Gasteiger partial charge in [0.2, 0.25) is 10.0 Å². The first-order valence-corrected chi connectivity index (χ1v) is 12.6. The van der Waals surface area contributed by atoms with Crippen molar-refractivity contribution in [2.24, 2.45) is 0 Å². The second kappa shape index (κ2) is 8.90. The Hall–Kier alpha value is -3.72. The molecule has 0 fully saturated rings. The predicted octanol–water partition coefficient (Wildman–Crippen LogP) is 4.00. The number of hydrogen-bond acceptors (Lipinski definition) is 4. The quantitative estimate of drug-likeness (QED) is 0.435. The van der Waals surface area contributed by atoms with Crippen molar-refractivity contribution in [2.45, 2.75) is 26.3 Å². The number of nitrogens with one attached hydrogen (secondary N) is 2. The molecule has 2 aromatic carbocycles. The first-order valence-electron chi connectivity index (χ1n) is 10.7. The maximum atomic E-state index is 14.6.